The Bertz CT molecular complexity index is 872. The van der Waals surface area contributed by atoms with Gasteiger partial charge in [0, 0.05) is 12.1 Å². The highest BCUT2D eigenvalue weighted by atomic mass is 16.3. The van der Waals surface area contributed by atoms with Crippen LogP contribution in [0.15, 0.2) is 21.5 Å². The molecule has 1 aliphatic heterocycles. The van der Waals surface area contributed by atoms with Gasteiger partial charge in [-0.3, -0.25) is 4.99 Å². The van der Waals surface area contributed by atoms with Crippen molar-refractivity contribution in [3.63, 3.8) is 0 Å². The average Bonchev–Trinajstić information content (AvgIpc) is 3.14. The van der Waals surface area contributed by atoms with Crippen molar-refractivity contribution in [1.29, 1.82) is 0 Å². The lowest BCUT2D eigenvalue weighted by atomic mass is 10.2. The van der Waals surface area contributed by atoms with Gasteiger partial charge in [0.1, 0.15) is 5.76 Å². The SMILES string of the molecule is Cc1ccc(-c2nc3c(c4nc(C(C)C)nn24)C=NC3)o1. The minimum atomic E-state index is 0.255. The molecule has 106 valence electrons. The molecule has 4 heterocycles. The van der Waals surface area contributed by atoms with E-state index in [9.17, 15) is 0 Å². The Labute approximate surface area is 121 Å². The van der Waals surface area contributed by atoms with Crippen molar-refractivity contribution in [2.45, 2.75) is 33.2 Å². The number of nitrogens with zero attached hydrogens (tertiary/aromatic N) is 5. The van der Waals surface area contributed by atoms with E-state index in [1.807, 2.05) is 25.3 Å². The van der Waals surface area contributed by atoms with E-state index in [2.05, 4.69) is 33.9 Å². The number of aliphatic imine (C=N–C) groups is 1. The van der Waals surface area contributed by atoms with Gasteiger partial charge >= 0.3 is 0 Å². The van der Waals surface area contributed by atoms with E-state index in [4.69, 9.17) is 4.42 Å². The molecule has 3 aromatic heterocycles. The summed E-state index contributed by atoms with van der Waals surface area (Å²) in [6, 6.07) is 3.84. The molecule has 0 amide bonds. The van der Waals surface area contributed by atoms with Gasteiger partial charge < -0.3 is 4.42 Å². The second-order valence-corrected chi connectivity index (χ2v) is 5.54. The summed E-state index contributed by atoms with van der Waals surface area (Å²) in [7, 11) is 0. The molecule has 0 aromatic carbocycles. The number of furan rings is 1. The molecule has 6 nitrogen and oxygen atoms in total. The molecule has 0 aliphatic carbocycles. The van der Waals surface area contributed by atoms with E-state index >= 15 is 0 Å². The van der Waals surface area contributed by atoms with Crippen LogP contribution in [0.4, 0.5) is 0 Å². The molecule has 0 bridgehead atoms. The van der Waals surface area contributed by atoms with E-state index in [1.165, 1.54) is 0 Å². The second kappa shape index (κ2) is 4.25. The van der Waals surface area contributed by atoms with Gasteiger partial charge in [0.25, 0.3) is 0 Å². The Hall–Kier alpha value is -2.50. The van der Waals surface area contributed by atoms with Crippen molar-refractivity contribution >= 4 is 11.9 Å². The van der Waals surface area contributed by atoms with Crippen LogP contribution in [0.5, 0.6) is 0 Å². The molecule has 0 saturated heterocycles. The van der Waals surface area contributed by atoms with Crippen LogP contribution in [0, 0.1) is 6.92 Å². The molecule has 1 aliphatic rings. The predicted molar refractivity (Wildman–Crippen MR) is 78.6 cm³/mol. The Morgan fingerprint density at radius 2 is 2.10 bits per heavy atom. The highest BCUT2D eigenvalue weighted by molar-refractivity contribution is 5.91. The van der Waals surface area contributed by atoms with Crippen LogP contribution in [-0.4, -0.2) is 25.8 Å². The predicted octanol–water partition coefficient (Wildman–Crippen LogP) is 2.75. The lowest BCUT2D eigenvalue weighted by Gasteiger charge is -2.04. The summed E-state index contributed by atoms with van der Waals surface area (Å²) in [6.45, 7) is 6.65. The number of hydrogen-bond donors (Lipinski definition) is 0. The molecule has 0 atom stereocenters. The van der Waals surface area contributed by atoms with Crippen LogP contribution in [0.3, 0.4) is 0 Å². The summed E-state index contributed by atoms with van der Waals surface area (Å²) in [6.07, 6.45) is 1.83. The summed E-state index contributed by atoms with van der Waals surface area (Å²) in [5.41, 5.74) is 2.68. The van der Waals surface area contributed by atoms with Crippen molar-refractivity contribution in [3.05, 3.63) is 35.0 Å². The average molecular weight is 281 g/mol. The van der Waals surface area contributed by atoms with Gasteiger partial charge in [-0.05, 0) is 19.1 Å². The molecule has 3 aromatic rings. The van der Waals surface area contributed by atoms with Gasteiger partial charge in [-0.15, -0.1) is 5.10 Å². The number of hydrogen-bond acceptors (Lipinski definition) is 5. The smallest absolute Gasteiger partial charge is 0.199 e. The zero-order valence-electron chi connectivity index (χ0n) is 12.2. The zero-order chi connectivity index (χ0) is 14.6. The third kappa shape index (κ3) is 1.79. The number of aromatic nitrogens is 4. The normalized spacial score (nSPS) is 13.5. The van der Waals surface area contributed by atoms with Crippen molar-refractivity contribution in [2.24, 2.45) is 4.99 Å². The minimum absolute atomic E-state index is 0.255. The third-order valence-electron chi connectivity index (χ3n) is 3.56. The molecule has 0 fully saturated rings. The fourth-order valence-electron chi connectivity index (χ4n) is 2.45. The molecule has 0 unspecified atom stereocenters. The lowest BCUT2D eigenvalue weighted by Crippen LogP contribution is -2.03. The van der Waals surface area contributed by atoms with Gasteiger partial charge in [-0.2, -0.15) is 4.52 Å². The minimum Gasteiger partial charge on any atom is -0.458 e. The van der Waals surface area contributed by atoms with Crippen LogP contribution < -0.4 is 0 Å². The Balaban J connectivity index is 2.05. The first-order valence-electron chi connectivity index (χ1n) is 6.99. The third-order valence-corrected chi connectivity index (χ3v) is 3.56. The van der Waals surface area contributed by atoms with Gasteiger partial charge in [0.15, 0.2) is 23.1 Å². The molecular weight excluding hydrogens is 266 g/mol. The quantitative estimate of drug-likeness (QED) is 0.724. The number of fused-ring (bicyclic) bond motifs is 3. The lowest BCUT2D eigenvalue weighted by molar-refractivity contribution is 0.541. The Kier molecular flexibility index (Phi) is 2.48. The molecular formula is C15H15N5O. The van der Waals surface area contributed by atoms with Crippen molar-refractivity contribution in [2.75, 3.05) is 0 Å². The standard InChI is InChI=1S/C15H15N5O/c1-8(2)13-18-14-10-6-16-7-11(10)17-15(20(14)19-13)12-5-4-9(3)21-12/h4-6,8H,7H2,1-3H3. The van der Waals surface area contributed by atoms with Crippen molar-refractivity contribution in [1.82, 2.24) is 19.6 Å². The molecule has 0 spiro atoms. The first kappa shape index (κ1) is 12.3. The van der Waals surface area contributed by atoms with Crippen molar-refractivity contribution in [3.8, 4) is 11.6 Å². The van der Waals surface area contributed by atoms with Crippen LogP contribution in [0.1, 0.15) is 42.6 Å². The Morgan fingerprint density at radius 3 is 2.81 bits per heavy atom. The highest BCUT2D eigenvalue weighted by Gasteiger charge is 2.22. The molecule has 21 heavy (non-hydrogen) atoms. The van der Waals surface area contributed by atoms with E-state index in [1.54, 1.807) is 4.52 Å². The molecule has 4 rings (SSSR count). The molecule has 6 heteroatoms. The summed E-state index contributed by atoms with van der Waals surface area (Å²) in [4.78, 5) is 13.6. The van der Waals surface area contributed by atoms with Gasteiger partial charge in [0.05, 0.1) is 17.8 Å². The maximum atomic E-state index is 5.72. The monoisotopic (exact) mass is 281 g/mol. The van der Waals surface area contributed by atoms with Gasteiger partial charge in [-0.25, -0.2) is 9.97 Å². The first-order chi connectivity index (χ1) is 10.1. The molecule has 0 saturated carbocycles. The fourth-order valence-corrected chi connectivity index (χ4v) is 2.45. The zero-order valence-corrected chi connectivity index (χ0v) is 12.2. The first-order valence-corrected chi connectivity index (χ1v) is 6.99. The fraction of sp³-hybridized carbons (Fsp3) is 0.333. The van der Waals surface area contributed by atoms with Crippen LogP contribution >= 0.6 is 0 Å². The highest BCUT2D eigenvalue weighted by Crippen LogP contribution is 2.26. The number of aryl methyl sites for hydroxylation is 1. The summed E-state index contributed by atoms with van der Waals surface area (Å²) in [5.74, 6) is 3.29. The Morgan fingerprint density at radius 1 is 1.24 bits per heavy atom. The summed E-state index contributed by atoms with van der Waals surface area (Å²) < 4.78 is 7.48. The van der Waals surface area contributed by atoms with E-state index < -0.39 is 0 Å². The van der Waals surface area contributed by atoms with Crippen LogP contribution in [0.25, 0.3) is 17.2 Å². The topological polar surface area (TPSA) is 68.6 Å². The van der Waals surface area contributed by atoms with E-state index in [0.29, 0.717) is 18.1 Å². The van der Waals surface area contributed by atoms with Gasteiger partial charge in [-0.1, -0.05) is 13.8 Å². The van der Waals surface area contributed by atoms with E-state index in [0.717, 1.165) is 28.5 Å². The van der Waals surface area contributed by atoms with Crippen molar-refractivity contribution < 1.29 is 4.42 Å². The largest absolute Gasteiger partial charge is 0.458 e. The summed E-state index contributed by atoms with van der Waals surface area (Å²) in [5, 5.41) is 4.60. The maximum Gasteiger partial charge on any atom is 0.199 e. The van der Waals surface area contributed by atoms with Gasteiger partial charge in [0.2, 0.25) is 0 Å². The second-order valence-electron chi connectivity index (χ2n) is 5.54. The van der Waals surface area contributed by atoms with Crippen LogP contribution in [-0.2, 0) is 6.54 Å². The molecule has 0 N–H and O–H groups in total. The number of rotatable bonds is 2. The van der Waals surface area contributed by atoms with E-state index in [-0.39, 0.29) is 5.92 Å². The maximum absolute atomic E-state index is 5.72. The molecule has 0 radical (unpaired) electrons. The van der Waals surface area contributed by atoms with Crippen LogP contribution in [0.2, 0.25) is 0 Å². The summed E-state index contributed by atoms with van der Waals surface area (Å²) >= 11 is 0.